The second-order valence-electron chi connectivity index (χ2n) is 5.55. The van der Waals surface area contributed by atoms with Crippen molar-refractivity contribution in [2.45, 2.75) is 19.7 Å². The predicted octanol–water partition coefficient (Wildman–Crippen LogP) is 2.28. The van der Waals surface area contributed by atoms with Crippen molar-refractivity contribution in [3.05, 3.63) is 81.0 Å². The van der Waals surface area contributed by atoms with Crippen molar-refractivity contribution < 1.29 is 21.9 Å². The topological polar surface area (TPSA) is 30.5 Å². The van der Waals surface area contributed by atoms with E-state index in [1.807, 2.05) is 36.4 Å². The van der Waals surface area contributed by atoms with Crippen LogP contribution in [0.4, 0.5) is 0 Å². The van der Waals surface area contributed by atoms with Crippen LogP contribution >= 0.6 is 22.9 Å². The zero-order valence-electron chi connectivity index (χ0n) is 14.4. The molecule has 0 saturated heterocycles. The Bertz CT molecular complexity index is 792. The predicted molar refractivity (Wildman–Crippen MR) is 104 cm³/mol. The summed E-state index contributed by atoms with van der Waals surface area (Å²) >= 11 is 7.68. The van der Waals surface area contributed by atoms with Crippen LogP contribution in [-0.2, 0) is 19.7 Å². The number of thiophene rings is 1. The zero-order valence-corrected chi connectivity index (χ0v) is 16.7. The fraction of sp³-hybridized carbons (Fsp3) is 0.200. The van der Waals surface area contributed by atoms with Gasteiger partial charge in [0.2, 0.25) is 0 Å². The van der Waals surface area contributed by atoms with Crippen LogP contribution in [0, 0.1) is 0 Å². The lowest BCUT2D eigenvalue weighted by Gasteiger charge is -2.15. The van der Waals surface area contributed by atoms with Gasteiger partial charge in [-0.05, 0) is 35.2 Å². The first-order valence-corrected chi connectivity index (χ1v) is 9.28. The minimum absolute atomic E-state index is 0. The fourth-order valence-corrected chi connectivity index (χ4v) is 3.30. The molecule has 0 spiro atoms. The standard InChI is InChI=1S/C20H20ClNO2S.ClH/c1-23-19-6-2-4-16(12-22-13-18-5-3-11-25-18)20(19)24-14-15-7-9-17(21)10-8-15;/h2-11,22H,12-14H2,1H3;1H/p-1. The Kier molecular flexibility index (Phi) is 8.26. The Morgan fingerprint density at radius 3 is 2.50 bits per heavy atom. The summed E-state index contributed by atoms with van der Waals surface area (Å²) in [6.07, 6.45) is 0. The third-order valence-corrected chi connectivity index (χ3v) is 4.90. The van der Waals surface area contributed by atoms with Gasteiger partial charge < -0.3 is 27.2 Å². The van der Waals surface area contributed by atoms with Gasteiger partial charge in [-0.3, -0.25) is 0 Å². The number of para-hydroxylation sites is 1. The lowest BCUT2D eigenvalue weighted by Crippen LogP contribution is -3.00. The third kappa shape index (κ3) is 5.64. The highest BCUT2D eigenvalue weighted by Gasteiger charge is 2.11. The minimum atomic E-state index is 0. The van der Waals surface area contributed by atoms with Gasteiger partial charge in [-0.2, -0.15) is 0 Å². The summed E-state index contributed by atoms with van der Waals surface area (Å²) in [5.41, 5.74) is 2.14. The number of halogens is 2. The van der Waals surface area contributed by atoms with E-state index in [1.165, 1.54) is 4.88 Å². The van der Waals surface area contributed by atoms with E-state index >= 15 is 0 Å². The molecule has 0 radical (unpaired) electrons. The molecule has 3 rings (SSSR count). The number of benzene rings is 2. The summed E-state index contributed by atoms with van der Waals surface area (Å²) in [6, 6.07) is 17.8. The summed E-state index contributed by atoms with van der Waals surface area (Å²) in [7, 11) is 1.66. The number of hydrogen-bond donors (Lipinski definition) is 1. The molecular formula is C20H20Cl2NO2S-. The summed E-state index contributed by atoms with van der Waals surface area (Å²) in [4.78, 5) is 1.31. The summed E-state index contributed by atoms with van der Waals surface area (Å²) in [6.45, 7) is 2.02. The third-order valence-electron chi connectivity index (χ3n) is 3.77. The Balaban J connectivity index is 0.00000243. The molecule has 2 aromatic carbocycles. The second-order valence-corrected chi connectivity index (χ2v) is 7.02. The largest absolute Gasteiger partial charge is 1.00 e. The molecule has 0 aliphatic heterocycles. The molecule has 0 aliphatic rings. The van der Waals surface area contributed by atoms with E-state index in [0.717, 1.165) is 34.2 Å². The maximum atomic E-state index is 6.07. The van der Waals surface area contributed by atoms with E-state index in [9.17, 15) is 0 Å². The number of nitrogens with one attached hydrogen (secondary N) is 1. The van der Waals surface area contributed by atoms with Crippen molar-refractivity contribution in [1.82, 2.24) is 5.32 Å². The normalized spacial score (nSPS) is 10.2. The molecule has 0 unspecified atom stereocenters. The molecule has 26 heavy (non-hydrogen) atoms. The van der Waals surface area contributed by atoms with Crippen molar-refractivity contribution in [3.63, 3.8) is 0 Å². The summed E-state index contributed by atoms with van der Waals surface area (Å²) in [5.74, 6) is 1.52. The second kappa shape index (κ2) is 10.4. The highest BCUT2D eigenvalue weighted by atomic mass is 35.5. The van der Waals surface area contributed by atoms with Gasteiger partial charge in [-0.25, -0.2) is 0 Å². The van der Waals surface area contributed by atoms with Gasteiger partial charge in [0.15, 0.2) is 11.5 Å². The molecule has 0 aliphatic carbocycles. The molecule has 0 fully saturated rings. The number of rotatable bonds is 8. The molecule has 1 aromatic heterocycles. The lowest BCUT2D eigenvalue weighted by molar-refractivity contribution is -0.00000541. The van der Waals surface area contributed by atoms with Gasteiger partial charge in [0.05, 0.1) is 7.11 Å². The van der Waals surface area contributed by atoms with Gasteiger partial charge in [-0.15, -0.1) is 11.3 Å². The van der Waals surface area contributed by atoms with Crippen molar-refractivity contribution in [1.29, 1.82) is 0 Å². The molecule has 138 valence electrons. The first-order chi connectivity index (χ1) is 12.3. The van der Waals surface area contributed by atoms with E-state index in [-0.39, 0.29) is 12.4 Å². The van der Waals surface area contributed by atoms with Crippen LogP contribution in [0.1, 0.15) is 16.0 Å². The molecule has 0 atom stereocenters. The van der Waals surface area contributed by atoms with Gasteiger partial charge in [0.25, 0.3) is 0 Å². The molecule has 1 heterocycles. The lowest BCUT2D eigenvalue weighted by atomic mass is 10.1. The van der Waals surface area contributed by atoms with Gasteiger partial charge in [0.1, 0.15) is 6.61 Å². The van der Waals surface area contributed by atoms with E-state index in [1.54, 1.807) is 18.4 Å². The van der Waals surface area contributed by atoms with E-state index in [4.69, 9.17) is 21.1 Å². The van der Waals surface area contributed by atoms with Crippen LogP contribution in [0.25, 0.3) is 0 Å². The Morgan fingerprint density at radius 2 is 1.81 bits per heavy atom. The molecular weight excluding hydrogens is 389 g/mol. The molecule has 3 nitrogen and oxygen atoms in total. The summed E-state index contributed by atoms with van der Waals surface area (Å²) < 4.78 is 11.5. The van der Waals surface area contributed by atoms with Crippen molar-refractivity contribution in [2.24, 2.45) is 0 Å². The number of ether oxygens (including phenoxy) is 2. The first-order valence-electron chi connectivity index (χ1n) is 8.02. The first kappa shape index (κ1) is 20.6. The highest BCUT2D eigenvalue weighted by molar-refractivity contribution is 7.09. The quantitative estimate of drug-likeness (QED) is 0.620. The van der Waals surface area contributed by atoms with Crippen LogP contribution in [0.3, 0.4) is 0 Å². The Hall–Kier alpha value is -1.72. The van der Waals surface area contributed by atoms with Gasteiger partial charge in [-0.1, -0.05) is 41.9 Å². The maximum absolute atomic E-state index is 6.07. The molecule has 0 amide bonds. The van der Waals surface area contributed by atoms with Crippen LogP contribution < -0.4 is 27.2 Å². The zero-order chi connectivity index (χ0) is 17.5. The number of hydrogen-bond acceptors (Lipinski definition) is 4. The van der Waals surface area contributed by atoms with Crippen LogP contribution in [0.15, 0.2) is 60.0 Å². The van der Waals surface area contributed by atoms with Crippen LogP contribution in [0.2, 0.25) is 5.02 Å². The number of methoxy groups -OCH3 is 1. The SMILES string of the molecule is COc1cccc(CNCc2cccs2)c1OCc1ccc(Cl)cc1.[Cl-]. The Morgan fingerprint density at radius 1 is 1.00 bits per heavy atom. The smallest absolute Gasteiger partial charge is 0.166 e. The van der Waals surface area contributed by atoms with E-state index in [0.29, 0.717) is 13.2 Å². The van der Waals surface area contributed by atoms with Crippen molar-refractivity contribution >= 4 is 22.9 Å². The van der Waals surface area contributed by atoms with Crippen LogP contribution in [-0.4, -0.2) is 7.11 Å². The molecule has 6 heteroatoms. The molecule has 0 saturated carbocycles. The fourth-order valence-electron chi connectivity index (χ4n) is 2.49. The van der Waals surface area contributed by atoms with Gasteiger partial charge in [0, 0.05) is 28.6 Å². The molecule has 3 aromatic rings. The van der Waals surface area contributed by atoms with E-state index in [2.05, 4.69) is 28.9 Å². The average Bonchev–Trinajstić information content (AvgIpc) is 3.15. The van der Waals surface area contributed by atoms with Crippen molar-refractivity contribution in [3.8, 4) is 11.5 Å². The summed E-state index contributed by atoms with van der Waals surface area (Å²) in [5, 5.41) is 6.27. The maximum Gasteiger partial charge on any atom is 0.166 e. The molecule has 0 bridgehead atoms. The van der Waals surface area contributed by atoms with Gasteiger partial charge >= 0.3 is 0 Å². The van der Waals surface area contributed by atoms with Crippen molar-refractivity contribution in [2.75, 3.05) is 7.11 Å². The Labute approximate surface area is 169 Å². The molecule has 1 N–H and O–H groups in total. The minimum Gasteiger partial charge on any atom is -1.00 e. The van der Waals surface area contributed by atoms with Crippen LogP contribution in [0.5, 0.6) is 11.5 Å². The monoisotopic (exact) mass is 408 g/mol. The van der Waals surface area contributed by atoms with E-state index < -0.39 is 0 Å². The average molecular weight is 409 g/mol. The highest BCUT2D eigenvalue weighted by Crippen LogP contribution is 2.32.